The van der Waals surface area contributed by atoms with Crippen LogP contribution in [0, 0.1) is 11.7 Å². The third kappa shape index (κ3) is 4.76. The van der Waals surface area contributed by atoms with Crippen LogP contribution >= 0.6 is 0 Å². The number of halogens is 1. The molecule has 0 radical (unpaired) electrons. The van der Waals surface area contributed by atoms with Crippen molar-refractivity contribution in [3.05, 3.63) is 29.6 Å². The van der Waals surface area contributed by atoms with Crippen molar-refractivity contribution < 1.29 is 4.39 Å². The van der Waals surface area contributed by atoms with Gasteiger partial charge in [-0.2, -0.15) is 0 Å². The zero-order valence-electron chi connectivity index (χ0n) is 13.4. The Bertz CT molecular complexity index is 416. The highest BCUT2D eigenvalue weighted by Gasteiger charge is 2.18. The van der Waals surface area contributed by atoms with E-state index in [9.17, 15) is 4.39 Å². The summed E-state index contributed by atoms with van der Waals surface area (Å²) in [6.07, 6.45) is 0. The Balaban J connectivity index is 3.09. The number of hydrogen-bond acceptors (Lipinski definition) is 3. The van der Waals surface area contributed by atoms with Gasteiger partial charge in [-0.1, -0.05) is 19.9 Å². The highest BCUT2D eigenvalue weighted by Crippen LogP contribution is 2.28. The number of likely N-dealkylation sites (N-methyl/N-ethyl adjacent to an activating group) is 1. The Morgan fingerprint density at radius 2 is 1.80 bits per heavy atom. The third-order valence-corrected chi connectivity index (χ3v) is 3.23. The molecule has 1 atom stereocenters. The van der Waals surface area contributed by atoms with Gasteiger partial charge in [0, 0.05) is 36.9 Å². The summed E-state index contributed by atoms with van der Waals surface area (Å²) in [4.78, 5) is 4.38. The Kier molecular flexibility index (Phi) is 6.43. The lowest BCUT2D eigenvalue weighted by Gasteiger charge is -2.31. The highest BCUT2D eigenvalue weighted by atomic mass is 19.1. The average molecular weight is 281 g/mol. The van der Waals surface area contributed by atoms with E-state index in [0.29, 0.717) is 11.5 Å². The van der Waals surface area contributed by atoms with Crippen molar-refractivity contribution in [2.45, 2.75) is 26.8 Å². The second-order valence-corrected chi connectivity index (χ2v) is 6.10. The van der Waals surface area contributed by atoms with Gasteiger partial charge in [-0.3, -0.25) is 0 Å². The summed E-state index contributed by atoms with van der Waals surface area (Å²) < 4.78 is 14.1. The second kappa shape index (κ2) is 7.60. The molecule has 4 heteroatoms. The lowest BCUT2D eigenvalue weighted by atomic mass is 10.0. The van der Waals surface area contributed by atoms with Crippen molar-refractivity contribution in [1.29, 1.82) is 0 Å². The van der Waals surface area contributed by atoms with Crippen LogP contribution in [0.15, 0.2) is 18.2 Å². The summed E-state index contributed by atoms with van der Waals surface area (Å²) in [6.45, 7) is 8.88. The molecule has 3 nitrogen and oxygen atoms in total. The van der Waals surface area contributed by atoms with Gasteiger partial charge in [0.05, 0.1) is 0 Å². The molecule has 0 aliphatic rings. The van der Waals surface area contributed by atoms with Crippen LogP contribution in [0.3, 0.4) is 0 Å². The van der Waals surface area contributed by atoms with Gasteiger partial charge in [-0.15, -0.1) is 0 Å². The lowest BCUT2D eigenvalue weighted by molar-refractivity contribution is 0.408. The fourth-order valence-corrected chi connectivity index (χ4v) is 2.32. The third-order valence-electron chi connectivity index (χ3n) is 3.23. The first-order valence-corrected chi connectivity index (χ1v) is 7.26. The molecule has 0 spiro atoms. The molecule has 0 saturated carbocycles. The maximum atomic E-state index is 14.1. The molecule has 2 N–H and O–H groups in total. The second-order valence-electron chi connectivity index (χ2n) is 6.10. The van der Waals surface area contributed by atoms with Crippen LogP contribution in [-0.4, -0.2) is 38.6 Å². The first kappa shape index (κ1) is 16.9. The van der Waals surface area contributed by atoms with Crippen LogP contribution < -0.4 is 10.6 Å². The lowest BCUT2D eigenvalue weighted by Crippen LogP contribution is -2.35. The summed E-state index contributed by atoms with van der Waals surface area (Å²) in [5, 5.41) is 0. The van der Waals surface area contributed by atoms with Crippen LogP contribution in [0.1, 0.15) is 32.4 Å². The summed E-state index contributed by atoms with van der Waals surface area (Å²) in [5.74, 6) is 0.303. The van der Waals surface area contributed by atoms with E-state index in [2.05, 4.69) is 23.6 Å². The molecule has 1 aromatic rings. The van der Waals surface area contributed by atoms with Gasteiger partial charge in [0.25, 0.3) is 0 Å². The van der Waals surface area contributed by atoms with E-state index >= 15 is 0 Å². The SMILES string of the molecule is CC(C)CN(CCN(C)C)c1cccc(F)c1[C@@H](C)N. The Morgan fingerprint density at radius 1 is 1.15 bits per heavy atom. The number of nitrogens with two attached hydrogens (primary N) is 1. The quantitative estimate of drug-likeness (QED) is 0.834. The fraction of sp³-hybridized carbons (Fsp3) is 0.625. The molecule has 0 aliphatic heterocycles. The van der Waals surface area contributed by atoms with Crippen molar-refractivity contribution in [3.63, 3.8) is 0 Å². The van der Waals surface area contributed by atoms with E-state index in [-0.39, 0.29) is 11.9 Å². The largest absolute Gasteiger partial charge is 0.370 e. The van der Waals surface area contributed by atoms with Gasteiger partial charge in [-0.05, 0) is 39.1 Å². The van der Waals surface area contributed by atoms with Gasteiger partial charge >= 0.3 is 0 Å². The first-order valence-electron chi connectivity index (χ1n) is 7.26. The van der Waals surface area contributed by atoms with Crippen LogP contribution in [0.4, 0.5) is 10.1 Å². The normalized spacial score (nSPS) is 13.1. The van der Waals surface area contributed by atoms with E-state index in [1.807, 2.05) is 27.1 Å². The van der Waals surface area contributed by atoms with Gasteiger partial charge in [-0.25, -0.2) is 4.39 Å². The van der Waals surface area contributed by atoms with E-state index in [0.717, 1.165) is 25.3 Å². The number of benzene rings is 1. The first-order chi connectivity index (χ1) is 9.32. The molecule has 114 valence electrons. The average Bonchev–Trinajstić information content (AvgIpc) is 2.33. The monoisotopic (exact) mass is 281 g/mol. The zero-order chi connectivity index (χ0) is 15.3. The van der Waals surface area contributed by atoms with Crippen LogP contribution in [-0.2, 0) is 0 Å². The Hall–Kier alpha value is -1.13. The van der Waals surface area contributed by atoms with Crippen molar-refractivity contribution in [1.82, 2.24) is 4.90 Å². The molecule has 1 aromatic carbocycles. The van der Waals surface area contributed by atoms with Crippen LogP contribution in [0.25, 0.3) is 0 Å². The minimum atomic E-state index is -0.305. The van der Waals surface area contributed by atoms with Gasteiger partial charge in [0.15, 0.2) is 0 Å². The van der Waals surface area contributed by atoms with Gasteiger partial charge < -0.3 is 15.5 Å². The number of hydrogen-bond donors (Lipinski definition) is 1. The molecule has 0 aliphatic carbocycles. The van der Waals surface area contributed by atoms with E-state index in [1.165, 1.54) is 6.07 Å². The standard InChI is InChI=1S/C16H28FN3/c1-12(2)11-20(10-9-19(4)5)15-8-6-7-14(17)16(15)13(3)18/h6-8,12-13H,9-11,18H2,1-5H3/t13-/m1/s1. The molecule has 1 rings (SSSR count). The molecule has 20 heavy (non-hydrogen) atoms. The van der Waals surface area contributed by atoms with Gasteiger partial charge in [0.2, 0.25) is 0 Å². The van der Waals surface area contributed by atoms with Crippen molar-refractivity contribution in [3.8, 4) is 0 Å². The van der Waals surface area contributed by atoms with Crippen LogP contribution in [0.5, 0.6) is 0 Å². The maximum absolute atomic E-state index is 14.1. The minimum absolute atomic E-state index is 0.212. The van der Waals surface area contributed by atoms with E-state index in [4.69, 9.17) is 5.73 Å². The van der Waals surface area contributed by atoms with Crippen molar-refractivity contribution >= 4 is 5.69 Å². The smallest absolute Gasteiger partial charge is 0.130 e. The number of anilines is 1. The van der Waals surface area contributed by atoms with Crippen molar-refractivity contribution in [2.75, 3.05) is 38.6 Å². The zero-order valence-corrected chi connectivity index (χ0v) is 13.4. The minimum Gasteiger partial charge on any atom is -0.370 e. The predicted octanol–water partition coefficient (Wildman–Crippen LogP) is 2.87. The molecule has 0 aromatic heterocycles. The molecular formula is C16H28FN3. The van der Waals surface area contributed by atoms with Gasteiger partial charge in [0.1, 0.15) is 5.82 Å². The Morgan fingerprint density at radius 3 is 2.30 bits per heavy atom. The molecule has 0 saturated heterocycles. The predicted molar refractivity (Wildman–Crippen MR) is 84.6 cm³/mol. The molecule has 0 bridgehead atoms. The number of nitrogens with zero attached hydrogens (tertiary/aromatic N) is 2. The molecule has 0 heterocycles. The molecule has 0 fully saturated rings. The number of rotatable bonds is 7. The Labute approximate surface area is 122 Å². The van der Waals surface area contributed by atoms with E-state index in [1.54, 1.807) is 6.07 Å². The summed E-state index contributed by atoms with van der Waals surface area (Å²) in [5.41, 5.74) is 7.51. The summed E-state index contributed by atoms with van der Waals surface area (Å²) >= 11 is 0. The maximum Gasteiger partial charge on any atom is 0.130 e. The molecule has 0 unspecified atom stereocenters. The highest BCUT2D eigenvalue weighted by molar-refractivity contribution is 5.55. The van der Waals surface area contributed by atoms with Crippen molar-refractivity contribution in [2.24, 2.45) is 11.7 Å². The van der Waals surface area contributed by atoms with E-state index < -0.39 is 0 Å². The summed E-state index contributed by atoms with van der Waals surface area (Å²) in [6, 6.07) is 4.92. The topological polar surface area (TPSA) is 32.5 Å². The molecular weight excluding hydrogens is 253 g/mol. The van der Waals surface area contributed by atoms with Crippen LogP contribution in [0.2, 0.25) is 0 Å². The summed E-state index contributed by atoms with van der Waals surface area (Å²) in [7, 11) is 4.09. The molecule has 0 amide bonds. The fourth-order valence-electron chi connectivity index (χ4n) is 2.32.